The van der Waals surface area contributed by atoms with Gasteiger partial charge in [-0.15, -0.1) is 0 Å². The van der Waals surface area contributed by atoms with Crippen molar-refractivity contribution in [3.05, 3.63) is 36.5 Å². The van der Waals surface area contributed by atoms with Gasteiger partial charge in [-0.1, -0.05) is 211 Å². The second-order valence-corrected chi connectivity index (χ2v) is 22.1. The summed E-state index contributed by atoms with van der Waals surface area (Å²) in [5, 5.41) is 3.03. The van der Waals surface area contributed by atoms with Gasteiger partial charge in [0.1, 0.15) is 25.4 Å². The highest BCUT2D eigenvalue weighted by atomic mass is 32.2. The molecule has 416 valence electrons. The van der Waals surface area contributed by atoms with Crippen LogP contribution in [-0.2, 0) is 38.7 Å². The Balaban J connectivity index is 5.09. The number of esters is 3. The van der Waals surface area contributed by atoms with Crippen molar-refractivity contribution in [3.8, 4) is 0 Å². The van der Waals surface area contributed by atoms with Crippen LogP contribution in [0.5, 0.6) is 0 Å². The molecule has 0 aromatic heterocycles. The van der Waals surface area contributed by atoms with E-state index in [1.807, 2.05) is 0 Å². The standard InChI is InChI=1S/C60H111NO9S/c1-4-7-10-13-16-19-22-25-28-31-34-37-40-43-46-49-57(62)68-54-60(61-52-53-71(65,66)67,55-69-58(63)50-47-44-41-38-35-32-29-26-23-20-17-14-11-8-5-2)56-70-59(64)51-48-45-42-39-36-33-30-27-24-21-18-15-12-9-6-3/h25-30,61H,4-24,31-56H2,1-3H3,(H,65,66,67)/b28-25+,29-26+,30-27+. The molecule has 0 radical (unpaired) electrons. The van der Waals surface area contributed by atoms with Gasteiger partial charge in [-0.3, -0.25) is 18.9 Å². The van der Waals surface area contributed by atoms with E-state index in [0.717, 1.165) is 116 Å². The monoisotopic (exact) mass is 1020 g/mol. The Morgan fingerprint density at radius 3 is 0.845 bits per heavy atom. The first kappa shape index (κ1) is 68.5. The van der Waals surface area contributed by atoms with Crippen LogP contribution >= 0.6 is 0 Å². The van der Waals surface area contributed by atoms with Gasteiger partial charge in [0, 0.05) is 25.8 Å². The highest BCUT2D eigenvalue weighted by Crippen LogP contribution is 2.17. The minimum Gasteiger partial charge on any atom is -0.463 e. The zero-order valence-corrected chi connectivity index (χ0v) is 47.1. The minimum absolute atomic E-state index is 0.212. The lowest BCUT2D eigenvalue weighted by atomic mass is 10.0. The van der Waals surface area contributed by atoms with Crippen molar-refractivity contribution < 1.29 is 41.6 Å². The van der Waals surface area contributed by atoms with Gasteiger partial charge in [0.2, 0.25) is 0 Å². The van der Waals surface area contributed by atoms with Crippen LogP contribution in [0.15, 0.2) is 36.5 Å². The van der Waals surface area contributed by atoms with Crippen LogP contribution in [-0.4, -0.2) is 68.5 Å². The lowest BCUT2D eigenvalue weighted by Gasteiger charge is -2.33. The second kappa shape index (κ2) is 52.4. The zero-order chi connectivity index (χ0) is 52.0. The van der Waals surface area contributed by atoms with Crippen LogP contribution in [0.3, 0.4) is 0 Å². The SMILES string of the molecule is CCCCCCCC/C=C/CCCCCCCC(=O)OCC(COC(=O)CCCCCCC/C=C/CCCCCCCC)(COC(=O)CCCCCCC/C=C/CCCCCCCC)NCCS(=O)(=O)O. The predicted molar refractivity (Wildman–Crippen MR) is 298 cm³/mol. The molecule has 11 heteroatoms. The quantitative estimate of drug-likeness (QED) is 0.0199. The Hall–Kier alpha value is -2.50. The second-order valence-electron chi connectivity index (χ2n) is 20.5. The molecule has 0 saturated carbocycles. The molecule has 0 heterocycles. The third-order valence-corrected chi connectivity index (χ3v) is 14.0. The first-order chi connectivity index (χ1) is 34.6. The lowest BCUT2D eigenvalue weighted by molar-refractivity contribution is -0.157. The Morgan fingerprint density at radius 2 is 0.606 bits per heavy atom. The fraction of sp³-hybridized carbons (Fsp3) is 0.850. The van der Waals surface area contributed by atoms with E-state index in [1.165, 1.54) is 116 Å². The first-order valence-electron chi connectivity index (χ1n) is 29.7. The molecular formula is C60H111NO9S. The van der Waals surface area contributed by atoms with Crippen LogP contribution in [0.1, 0.15) is 290 Å². The third-order valence-electron chi connectivity index (χ3n) is 13.3. The molecule has 0 atom stereocenters. The summed E-state index contributed by atoms with van der Waals surface area (Å²) < 4.78 is 50.2. The number of ether oxygens (including phenoxy) is 3. The maximum Gasteiger partial charge on any atom is 0.305 e. The van der Waals surface area contributed by atoms with Crippen LogP contribution in [0.4, 0.5) is 0 Å². The lowest BCUT2D eigenvalue weighted by Crippen LogP contribution is -2.58. The molecule has 0 aromatic carbocycles. The maximum absolute atomic E-state index is 13.1. The van der Waals surface area contributed by atoms with Crippen molar-refractivity contribution in [2.24, 2.45) is 0 Å². The molecule has 0 aromatic rings. The first-order valence-corrected chi connectivity index (χ1v) is 31.3. The summed E-state index contributed by atoms with van der Waals surface area (Å²) in [6.07, 6.45) is 59.3. The molecule has 0 unspecified atom stereocenters. The number of hydrogen-bond acceptors (Lipinski definition) is 9. The van der Waals surface area contributed by atoms with Crippen molar-refractivity contribution in [2.45, 2.75) is 296 Å². The van der Waals surface area contributed by atoms with E-state index >= 15 is 0 Å². The van der Waals surface area contributed by atoms with Crippen molar-refractivity contribution in [2.75, 3.05) is 32.1 Å². The topological polar surface area (TPSA) is 145 Å². The third kappa shape index (κ3) is 52.2. The molecule has 0 aliphatic carbocycles. The summed E-state index contributed by atoms with van der Waals surface area (Å²) in [5.41, 5.74) is -1.40. The number of nitrogens with one attached hydrogen (secondary N) is 1. The van der Waals surface area contributed by atoms with Crippen molar-refractivity contribution in [3.63, 3.8) is 0 Å². The summed E-state index contributed by atoms with van der Waals surface area (Å²) in [5.74, 6) is -1.91. The summed E-state index contributed by atoms with van der Waals surface area (Å²) in [4.78, 5) is 39.2. The average Bonchev–Trinajstić information content (AvgIpc) is 3.35. The molecule has 71 heavy (non-hydrogen) atoms. The Bertz CT molecular complexity index is 1280. The Labute approximate surface area is 437 Å². The van der Waals surface area contributed by atoms with E-state index in [0.29, 0.717) is 19.3 Å². The molecule has 0 saturated heterocycles. The van der Waals surface area contributed by atoms with Gasteiger partial charge < -0.3 is 19.5 Å². The van der Waals surface area contributed by atoms with Crippen LogP contribution in [0.25, 0.3) is 0 Å². The molecule has 0 amide bonds. The van der Waals surface area contributed by atoms with Gasteiger partial charge in [0.05, 0.1) is 5.75 Å². The minimum atomic E-state index is -4.34. The van der Waals surface area contributed by atoms with Crippen molar-refractivity contribution in [1.82, 2.24) is 5.32 Å². The molecule has 0 fully saturated rings. The predicted octanol–water partition coefficient (Wildman–Crippen LogP) is 16.9. The van der Waals surface area contributed by atoms with Crippen molar-refractivity contribution in [1.29, 1.82) is 0 Å². The van der Waals surface area contributed by atoms with Gasteiger partial charge in [0.25, 0.3) is 10.1 Å². The van der Waals surface area contributed by atoms with E-state index in [-0.39, 0.29) is 45.6 Å². The smallest absolute Gasteiger partial charge is 0.305 e. The van der Waals surface area contributed by atoms with Crippen LogP contribution in [0, 0.1) is 0 Å². The fourth-order valence-electron chi connectivity index (χ4n) is 8.62. The summed E-state index contributed by atoms with van der Waals surface area (Å²) >= 11 is 0. The molecule has 0 aliphatic heterocycles. The van der Waals surface area contributed by atoms with E-state index in [9.17, 15) is 27.4 Å². The number of allylic oxidation sites excluding steroid dienone is 6. The van der Waals surface area contributed by atoms with Crippen molar-refractivity contribution >= 4 is 28.0 Å². The van der Waals surface area contributed by atoms with Crippen LogP contribution in [0.2, 0.25) is 0 Å². The van der Waals surface area contributed by atoms with Gasteiger partial charge in [-0.25, -0.2) is 0 Å². The highest BCUT2D eigenvalue weighted by Gasteiger charge is 2.36. The number of hydrogen-bond donors (Lipinski definition) is 2. The van der Waals surface area contributed by atoms with E-state index in [4.69, 9.17) is 14.2 Å². The van der Waals surface area contributed by atoms with E-state index in [2.05, 4.69) is 62.5 Å². The number of rotatable bonds is 55. The molecule has 10 nitrogen and oxygen atoms in total. The average molecular weight is 1020 g/mol. The molecular weight excluding hydrogens is 911 g/mol. The number of unbranched alkanes of at least 4 members (excludes halogenated alkanes) is 33. The van der Waals surface area contributed by atoms with Gasteiger partial charge in [-0.2, -0.15) is 8.42 Å². The molecule has 2 N–H and O–H groups in total. The van der Waals surface area contributed by atoms with E-state index < -0.39 is 39.3 Å². The Morgan fingerprint density at radius 1 is 0.380 bits per heavy atom. The summed E-state index contributed by atoms with van der Waals surface area (Å²) in [6, 6.07) is 0. The van der Waals surface area contributed by atoms with Crippen LogP contribution < -0.4 is 5.32 Å². The normalized spacial score (nSPS) is 12.2. The zero-order valence-electron chi connectivity index (χ0n) is 46.3. The summed E-state index contributed by atoms with van der Waals surface area (Å²) in [7, 11) is -4.34. The maximum atomic E-state index is 13.1. The van der Waals surface area contributed by atoms with Gasteiger partial charge in [0.15, 0.2) is 0 Å². The largest absolute Gasteiger partial charge is 0.463 e. The number of carbonyl (C=O) groups excluding carboxylic acids is 3. The Kier molecular flexibility index (Phi) is 50.5. The molecule has 0 rings (SSSR count). The molecule has 0 aliphatic rings. The number of carbonyl (C=O) groups is 3. The highest BCUT2D eigenvalue weighted by molar-refractivity contribution is 7.85. The molecule has 0 bridgehead atoms. The fourth-order valence-corrected chi connectivity index (χ4v) is 8.98. The van der Waals surface area contributed by atoms with E-state index in [1.54, 1.807) is 0 Å². The molecule has 0 spiro atoms. The van der Waals surface area contributed by atoms with Gasteiger partial charge >= 0.3 is 17.9 Å². The van der Waals surface area contributed by atoms with Gasteiger partial charge in [-0.05, 0) is 96.3 Å². The summed E-state index contributed by atoms with van der Waals surface area (Å²) in [6.45, 7) is 5.60.